The lowest BCUT2D eigenvalue weighted by Gasteiger charge is -2.36. The summed E-state index contributed by atoms with van der Waals surface area (Å²) in [4.78, 5) is 16.9. The van der Waals surface area contributed by atoms with Crippen LogP contribution in [0.4, 0.5) is 16.5 Å². The number of amides is 1. The van der Waals surface area contributed by atoms with Crippen LogP contribution in [0.25, 0.3) is 0 Å². The van der Waals surface area contributed by atoms with Crippen LogP contribution in [0.3, 0.4) is 0 Å². The topological polar surface area (TPSA) is 70.6 Å². The maximum Gasteiger partial charge on any atom is 0.223 e. The van der Waals surface area contributed by atoms with Crippen LogP contribution in [0.2, 0.25) is 0 Å². The zero-order valence-corrected chi connectivity index (χ0v) is 20.8. The largest absolute Gasteiger partial charge is 0.497 e. The summed E-state index contributed by atoms with van der Waals surface area (Å²) in [5.74, 6) is 1.76. The van der Waals surface area contributed by atoms with E-state index in [1.165, 1.54) is 28.2 Å². The van der Waals surface area contributed by atoms with E-state index in [2.05, 4.69) is 52.5 Å². The second-order valence-electron chi connectivity index (χ2n) is 7.91. The summed E-state index contributed by atoms with van der Waals surface area (Å²) >= 11 is 3.11. The fourth-order valence-corrected chi connectivity index (χ4v) is 5.47. The summed E-state index contributed by atoms with van der Waals surface area (Å²) in [6, 6.07) is 14.3. The maximum atomic E-state index is 12.7. The Hall–Kier alpha value is -2.78. The fraction of sp³-hybridized carbons (Fsp3) is 0.375. The number of aromatic nitrogens is 2. The number of carbonyl (C=O) groups excluding carboxylic acids is 1. The molecule has 0 bridgehead atoms. The molecule has 3 aromatic rings. The zero-order chi connectivity index (χ0) is 23.2. The number of methoxy groups -OCH3 is 1. The van der Waals surface area contributed by atoms with Gasteiger partial charge in [0.25, 0.3) is 0 Å². The van der Waals surface area contributed by atoms with Crippen LogP contribution < -0.4 is 15.0 Å². The van der Waals surface area contributed by atoms with Gasteiger partial charge in [0.05, 0.1) is 7.11 Å². The first kappa shape index (κ1) is 23.4. The molecule has 0 spiro atoms. The van der Waals surface area contributed by atoms with Crippen LogP contribution >= 0.6 is 23.1 Å². The Kier molecular flexibility index (Phi) is 7.72. The Bertz CT molecular complexity index is 1080. The first-order valence-corrected chi connectivity index (χ1v) is 12.8. The van der Waals surface area contributed by atoms with E-state index in [-0.39, 0.29) is 5.91 Å². The van der Waals surface area contributed by atoms with Crippen LogP contribution in [0.1, 0.15) is 17.5 Å². The summed E-state index contributed by atoms with van der Waals surface area (Å²) in [7, 11) is 1.67. The van der Waals surface area contributed by atoms with Crippen molar-refractivity contribution in [2.45, 2.75) is 24.6 Å². The summed E-state index contributed by atoms with van der Waals surface area (Å²) in [5.41, 5.74) is 4.66. The van der Waals surface area contributed by atoms with Crippen molar-refractivity contribution in [2.24, 2.45) is 0 Å². The molecular formula is C24H29N5O2S2. The Morgan fingerprint density at radius 2 is 1.85 bits per heavy atom. The predicted molar refractivity (Wildman–Crippen MR) is 136 cm³/mol. The Morgan fingerprint density at radius 3 is 2.58 bits per heavy atom. The monoisotopic (exact) mass is 483 g/mol. The van der Waals surface area contributed by atoms with E-state index in [0.717, 1.165) is 47.1 Å². The molecule has 9 heteroatoms. The third kappa shape index (κ3) is 5.97. The molecular weight excluding hydrogens is 454 g/mol. The SMILES string of the molecule is COc1ccc(N2CCN(C(=O)CCSc3nnc(Nc4cccc(C)c4C)s3)CC2)cc1. The predicted octanol–water partition coefficient (Wildman–Crippen LogP) is 4.74. The highest BCUT2D eigenvalue weighted by atomic mass is 32.2. The highest BCUT2D eigenvalue weighted by Gasteiger charge is 2.21. The van der Waals surface area contributed by atoms with E-state index in [0.29, 0.717) is 12.2 Å². The lowest BCUT2D eigenvalue weighted by atomic mass is 10.1. The van der Waals surface area contributed by atoms with Gasteiger partial charge in [-0.15, -0.1) is 10.2 Å². The molecule has 0 saturated carbocycles. The van der Waals surface area contributed by atoms with Gasteiger partial charge in [0.1, 0.15) is 5.75 Å². The summed E-state index contributed by atoms with van der Waals surface area (Å²) in [6.45, 7) is 7.37. The van der Waals surface area contributed by atoms with Crippen molar-refractivity contribution >= 4 is 45.5 Å². The molecule has 4 rings (SSSR count). The van der Waals surface area contributed by atoms with E-state index < -0.39 is 0 Å². The van der Waals surface area contributed by atoms with Crippen LogP contribution in [0, 0.1) is 13.8 Å². The van der Waals surface area contributed by atoms with Gasteiger partial charge in [-0.25, -0.2) is 0 Å². The Labute approximate surface area is 203 Å². The molecule has 0 aliphatic carbocycles. The molecule has 2 heterocycles. The number of nitrogens with one attached hydrogen (secondary N) is 1. The van der Waals surface area contributed by atoms with E-state index >= 15 is 0 Å². The number of carbonyl (C=O) groups is 1. The van der Waals surface area contributed by atoms with Crippen LogP contribution in [0.5, 0.6) is 5.75 Å². The first-order valence-electron chi connectivity index (χ1n) is 11.0. The molecule has 1 amide bonds. The van der Waals surface area contributed by atoms with Gasteiger partial charge in [-0.1, -0.05) is 35.2 Å². The molecule has 174 valence electrons. The molecule has 2 aromatic carbocycles. The highest BCUT2D eigenvalue weighted by Crippen LogP contribution is 2.30. The number of anilines is 3. The van der Waals surface area contributed by atoms with Crippen molar-refractivity contribution in [1.29, 1.82) is 0 Å². The van der Waals surface area contributed by atoms with E-state index in [1.54, 1.807) is 18.9 Å². The van der Waals surface area contributed by atoms with E-state index in [1.807, 2.05) is 29.2 Å². The Morgan fingerprint density at radius 1 is 1.09 bits per heavy atom. The molecule has 33 heavy (non-hydrogen) atoms. The van der Waals surface area contributed by atoms with Gasteiger partial charge >= 0.3 is 0 Å². The van der Waals surface area contributed by atoms with E-state index in [4.69, 9.17) is 4.74 Å². The maximum absolute atomic E-state index is 12.7. The zero-order valence-electron chi connectivity index (χ0n) is 19.2. The van der Waals surface area contributed by atoms with Crippen molar-refractivity contribution in [2.75, 3.05) is 49.3 Å². The number of ether oxygens (including phenoxy) is 1. The standard InChI is InChI=1S/C24H29N5O2S2/c1-17-5-4-6-21(18(17)2)25-23-26-27-24(33-23)32-16-11-22(30)29-14-12-28(13-15-29)19-7-9-20(31-3)10-8-19/h4-10H,11-16H2,1-3H3,(H,25,26). The molecule has 0 atom stereocenters. The van der Waals surface area contributed by atoms with Crippen molar-refractivity contribution in [3.05, 3.63) is 53.6 Å². The second kappa shape index (κ2) is 10.9. The van der Waals surface area contributed by atoms with Crippen LogP contribution in [-0.2, 0) is 4.79 Å². The van der Waals surface area contributed by atoms with Gasteiger partial charge in [0.15, 0.2) is 4.34 Å². The quantitative estimate of drug-likeness (QED) is 0.464. The molecule has 1 aromatic heterocycles. The number of piperazine rings is 1. The number of nitrogens with zero attached hydrogens (tertiary/aromatic N) is 4. The van der Waals surface area contributed by atoms with Crippen molar-refractivity contribution in [3.8, 4) is 5.75 Å². The molecule has 7 nitrogen and oxygen atoms in total. The van der Waals surface area contributed by atoms with Crippen molar-refractivity contribution < 1.29 is 9.53 Å². The van der Waals surface area contributed by atoms with E-state index in [9.17, 15) is 4.79 Å². The highest BCUT2D eigenvalue weighted by molar-refractivity contribution is 8.01. The minimum absolute atomic E-state index is 0.204. The Balaban J connectivity index is 1.20. The smallest absolute Gasteiger partial charge is 0.223 e. The van der Waals surface area contributed by atoms with Crippen molar-refractivity contribution in [1.82, 2.24) is 15.1 Å². The summed E-state index contributed by atoms with van der Waals surface area (Å²) < 4.78 is 6.10. The lowest BCUT2D eigenvalue weighted by Crippen LogP contribution is -2.48. The molecule has 0 radical (unpaired) electrons. The van der Waals surface area contributed by atoms with Gasteiger partial charge in [-0.2, -0.15) is 0 Å². The number of aryl methyl sites for hydroxylation is 1. The number of thioether (sulfide) groups is 1. The molecule has 1 aliphatic rings. The summed E-state index contributed by atoms with van der Waals surface area (Å²) in [5, 5.41) is 12.6. The molecule has 1 N–H and O–H groups in total. The molecule has 0 unspecified atom stereocenters. The number of hydrogen-bond acceptors (Lipinski definition) is 8. The summed E-state index contributed by atoms with van der Waals surface area (Å²) in [6.07, 6.45) is 0.506. The number of benzene rings is 2. The van der Waals surface area contributed by atoms with Gasteiger partial charge in [-0.3, -0.25) is 4.79 Å². The minimum atomic E-state index is 0.204. The van der Waals surface area contributed by atoms with Gasteiger partial charge < -0.3 is 19.9 Å². The second-order valence-corrected chi connectivity index (χ2v) is 10.2. The number of hydrogen-bond donors (Lipinski definition) is 1. The van der Waals surface area contributed by atoms with Gasteiger partial charge in [0.2, 0.25) is 11.0 Å². The fourth-order valence-electron chi connectivity index (χ4n) is 3.71. The average molecular weight is 484 g/mol. The normalized spacial score (nSPS) is 13.8. The molecule has 1 saturated heterocycles. The van der Waals surface area contributed by atoms with Gasteiger partial charge in [0, 0.05) is 49.7 Å². The van der Waals surface area contributed by atoms with Crippen LogP contribution in [-0.4, -0.2) is 60.0 Å². The first-order chi connectivity index (χ1) is 16.0. The van der Waals surface area contributed by atoms with Gasteiger partial charge in [-0.05, 0) is 55.3 Å². The third-order valence-electron chi connectivity index (χ3n) is 5.86. The lowest BCUT2D eigenvalue weighted by molar-refractivity contribution is -0.131. The van der Waals surface area contributed by atoms with Crippen molar-refractivity contribution in [3.63, 3.8) is 0 Å². The molecule has 1 aliphatic heterocycles. The minimum Gasteiger partial charge on any atom is -0.497 e. The third-order valence-corrected chi connectivity index (χ3v) is 7.84. The number of rotatable bonds is 8. The molecule has 1 fully saturated rings. The van der Waals surface area contributed by atoms with Crippen LogP contribution in [0.15, 0.2) is 46.8 Å². The average Bonchev–Trinajstić information content (AvgIpc) is 3.29.